The summed E-state index contributed by atoms with van der Waals surface area (Å²) in [6.45, 7) is 7.79. The van der Waals surface area contributed by atoms with Crippen molar-refractivity contribution >= 4 is 11.8 Å². The molecule has 0 unspecified atom stereocenters. The number of nitrogens with zero attached hydrogens (tertiary/aromatic N) is 2. The van der Waals surface area contributed by atoms with Crippen LogP contribution in [0.3, 0.4) is 0 Å². The van der Waals surface area contributed by atoms with Gasteiger partial charge in [0.2, 0.25) is 0 Å². The Morgan fingerprint density at radius 3 is 2.45 bits per heavy atom. The number of allylic oxidation sites excluding steroid dienone is 1. The van der Waals surface area contributed by atoms with Crippen LogP contribution in [0.5, 0.6) is 0 Å². The Morgan fingerprint density at radius 2 is 1.84 bits per heavy atom. The fourth-order valence-corrected chi connectivity index (χ4v) is 8.37. The second-order valence-corrected chi connectivity index (χ2v) is 11.0. The highest BCUT2D eigenvalue weighted by atomic mass is 16.5. The molecular weight excluding hydrogens is 388 g/mol. The molecule has 4 aliphatic rings. The largest absolute Gasteiger partial charge is 0.462 e. The van der Waals surface area contributed by atoms with Crippen molar-refractivity contribution in [3.63, 3.8) is 0 Å². The van der Waals surface area contributed by atoms with E-state index in [0.717, 1.165) is 44.9 Å². The summed E-state index contributed by atoms with van der Waals surface area (Å²) in [6, 6.07) is 4.37. The molecule has 8 atom stereocenters. The number of carbonyl (C=O) groups excluding carboxylic acids is 2. The number of nitriles is 2. The number of ketones is 1. The standard InChI is InChI=1S/C26H34N2O3/c1-15(29)24-21(17(13-27)14-28)12-23-20-6-5-18-11-19(31-16(2)30)7-9-25(18,3)22(20)8-10-26(23,24)4/h5,17,19-24H,6-12H2,1-4H3/t19-,20-,21-,22+,23+,24+,25+,26+/m1/s1. The number of ether oxygens (including phenoxy) is 1. The number of fused-ring (bicyclic) bond motifs is 5. The maximum Gasteiger partial charge on any atom is 0.302 e. The van der Waals surface area contributed by atoms with Gasteiger partial charge in [-0.05, 0) is 80.0 Å². The minimum absolute atomic E-state index is 0.00722. The van der Waals surface area contributed by atoms with Crippen molar-refractivity contribution in [3.8, 4) is 12.1 Å². The summed E-state index contributed by atoms with van der Waals surface area (Å²) in [7, 11) is 0. The number of rotatable bonds is 3. The summed E-state index contributed by atoms with van der Waals surface area (Å²) in [5.41, 5.74) is 1.44. The normalized spacial score (nSPS) is 43.5. The highest BCUT2D eigenvalue weighted by Crippen LogP contribution is 2.68. The lowest BCUT2D eigenvalue weighted by atomic mass is 9.47. The Kier molecular flexibility index (Phi) is 5.53. The molecule has 0 bridgehead atoms. The topological polar surface area (TPSA) is 90.9 Å². The highest BCUT2D eigenvalue weighted by molar-refractivity contribution is 5.80. The molecule has 5 nitrogen and oxygen atoms in total. The third kappa shape index (κ3) is 3.32. The van der Waals surface area contributed by atoms with Crippen molar-refractivity contribution < 1.29 is 14.3 Å². The Morgan fingerprint density at radius 1 is 1.13 bits per heavy atom. The zero-order valence-electron chi connectivity index (χ0n) is 19.2. The molecule has 3 fully saturated rings. The Labute approximate surface area is 185 Å². The molecule has 0 aromatic carbocycles. The first-order valence-corrected chi connectivity index (χ1v) is 11.8. The van der Waals surface area contributed by atoms with E-state index >= 15 is 0 Å². The average Bonchev–Trinajstić information content (AvgIpc) is 3.02. The van der Waals surface area contributed by atoms with Gasteiger partial charge >= 0.3 is 5.97 Å². The van der Waals surface area contributed by atoms with Gasteiger partial charge in [0.15, 0.2) is 0 Å². The fourth-order valence-electron chi connectivity index (χ4n) is 8.37. The Bertz CT molecular complexity index is 881. The van der Waals surface area contributed by atoms with Crippen LogP contribution in [0.2, 0.25) is 0 Å². The van der Waals surface area contributed by atoms with Gasteiger partial charge in [-0.2, -0.15) is 10.5 Å². The lowest BCUT2D eigenvalue weighted by Gasteiger charge is -2.58. The van der Waals surface area contributed by atoms with E-state index in [1.54, 1.807) is 6.92 Å². The van der Waals surface area contributed by atoms with E-state index in [1.807, 2.05) is 0 Å². The van der Waals surface area contributed by atoms with Crippen LogP contribution in [-0.4, -0.2) is 17.9 Å². The van der Waals surface area contributed by atoms with E-state index < -0.39 is 5.92 Å². The second kappa shape index (κ2) is 7.77. The smallest absolute Gasteiger partial charge is 0.302 e. The van der Waals surface area contributed by atoms with Gasteiger partial charge in [0.1, 0.15) is 17.8 Å². The number of carbonyl (C=O) groups is 2. The van der Waals surface area contributed by atoms with Crippen LogP contribution in [0.25, 0.3) is 0 Å². The fraction of sp³-hybridized carbons (Fsp3) is 0.769. The molecule has 0 N–H and O–H groups in total. The molecule has 0 aliphatic heterocycles. The molecule has 0 heterocycles. The molecule has 31 heavy (non-hydrogen) atoms. The van der Waals surface area contributed by atoms with Crippen LogP contribution >= 0.6 is 0 Å². The number of Topliss-reactive ketones (excluding diaryl/α,β-unsaturated/α-hetero) is 1. The molecule has 0 radical (unpaired) electrons. The SMILES string of the molecule is CC(=O)O[C@@H]1CC[C@@]2(C)C(=CC[C@H]3[C@@H]4C[C@H](C(C#N)C#N)[C@H](C(C)=O)[C@@]4(C)CC[C@@H]32)C1. The van der Waals surface area contributed by atoms with Crippen LogP contribution in [0.1, 0.15) is 72.6 Å². The number of esters is 1. The van der Waals surface area contributed by atoms with Crippen LogP contribution in [0, 0.1) is 69.0 Å². The van der Waals surface area contributed by atoms with Gasteiger partial charge in [-0.15, -0.1) is 0 Å². The van der Waals surface area contributed by atoms with E-state index in [1.165, 1.54) is 12.5 Å². The van der Waals surface area contributed by atoms with E-state index in [0.29, 0.717) is 17.8 Å². The van der Waals surface area contributed by atoms with Crippen molar-refractivity contribution in [2.24, 2.45) is 46.3 Å². The van der Waals surface area contributed by atoms with Crippen LogP contribution < -0.4 is 0 Å². The van der Waals surface area contributed by atoms with E-state index in [-0.39, 0.29) is 40.5 Å². The van der Waals surface area contributed by atoms with E-state index in [4.69, 9.17) is 4.74 Å². The predicted molar refractivity (Wildman–Crippen MR) is 115 cm³/mol. The predicted octanol–water partition coefficient (Wildman–Crippen LogP) is 4.98. The lowest BCUT2D eigenvalue weighted by Crippen LogP contribution is -2.51. The molecular formula is C26H34N2O3. The van der Waals surface area contributed by atoms with Gasteiger partial charge in [-0.25, -0.2) is 0 Å². The Hall–Kier alpha value is -2.14. The summed E-state index contributed by atoms with van der Waals surface area (Å²) in [5.74, 6) is 0.298. The Balaban J connectivity index is 1.65. The lowest BCUT2D eigenvalue weighted by molar-refractivity contribution is -0.149. The van der Waals surface area contributed by atoms with Crippen LogP contribution in [-0.2, 0) is 14.3 Å². The first-order valence-electron chi connectivity index (χ1n) is 11.8. The van der Waals surface area contributed by atoms with E-state index in [2.05, 4.69) is 32.1 Å². The van der Waals surface area contributed by atoms with Crippen molar-refractivity contribution in [2.45, 2.75) is 78.7 Å². The van der Waals surface area contributed by atoms with Crippen molar-refractivity contribution in [3.05, 3.63) is 11.6 Å². The van der Waals surface area contributed by atoms with Gasteiger partial charge in [0.25, 0.3) is 0 Å². The number of hydrogen-bond acceptors (Lipinski definition) is 5. The molecule has 166 valence electrons. The summed E-state index contributed by atoms with van der Waals surface area (Å²) in [4.78, 5) is 24.2. The summed E-state index contributed by atoms with van der Waals surface area (Å²) in [5, 5.41) is 19.2. The molecule has 5 heteroatoms. The monoisotopic (exact) mass is 422 g/mol. The van der Waals surface area contributed by atoms with Gasteiger partial charge < -0.3 is 4.74 Å². The van der Waals surface area contributed by atoms with Gasteiger partial charge in [-0.1, -0.05) is 25.5 Å². The second-order valence-electron chi connectivity index (χ2n) is 11.0. The summed E-state index contributed by atoms with van der Waals surface area (Å²) in [6.07, 6.45) is 9.03. The minimum Gasteiger partial charge on any atom is -0.462 e. The molecule has 0 aromatic rings. The van der Waals surface area contributed by atoms with Gasteiger partial charge in [0, 0.05) is 19.3 Å². The summed E-state index contributed by atoms with van der Waals surface area (Å²) >= 11 is 0. The molecule has 0 spiro atoms. The average molecular weight is 423 g/mol. The van der Waals surface area contributed by atoms with Crippen LogP contribution in [0.15, 0.2) is 11.6 Å². The highest BCUT2D eigenvalue weighted by Gasteiger charge is 2.63. The van der Waals surface area contributed by atoms with E-state index in [9.17, 15) is 20.1 Å². The maximum atomic E-state index is 12.8. The van der Waals surface area contributed by atoms with Crippen molar-refractivity contribution in [1.82, 2.24) is 0 Å². The van der Waals surface area contributed by atoms with Gasteiger partial charge in [0.05, 0.1) is 12.1 Å². The molecule has 4 aliphatic carbocycles. The first-order chi connectivity index (χ1) is 14.7. The molecule has 3 saturated carbocycles. The first kappa shape index (κ1) is 22.1. The van der Waals surface area contributed by atoms with Crippen LogP contribution in [0.4, 0.5) is 0 Å². The van der Waals surface area contributed by atoms with Gasteiger partial charge in [-0.3, -0.25) is 9.59 Å². The summed E-state index contributed by atoms with van der Waals surface area (Å²) < 4.78 is 5.53. The third-order valence-corrected chi connectivity index (χ3v) is 9.64. The van der Waals surface area contributed by atoms with Crippen molar-refractivity contribution in [1.29, 1.82) is 10.5 Å². The molecule has 4 rings (SSSR count). The zero-order valence-corrected chi connectivity index (χ0v) is 19.2. The minimum atomic E-state index is -0.709. The molecule has 0 saturated heterocycles. The zero-order chi connectivity index (χ0) is 22.6. The third-order valence-electron chi connectivity index (χ3n) is 9.64. The quantitative estimate of drug-likeness (QED) is 0.473. The maximum absolute atomic E-state index is 12.8. The van der Waals surface area contributed by atoms with Crippen molar-refractivity contribution in [2.75, 3.05) is 0 Å². The molecule has 0 aromatic heterocycles. The number of hydrogen-bond donors (Lipinski definition) is 0. The molecule has 0 amide bonds.